The van der Waals surface area contributed by atoms with E-state index in [9.17, 15) is 14.7 Å². The van der Waals surface area contributed by atoms with E-state index in [1.807, 2.05) is 32.9 Å². The lowest BCUT2D eigenvalue weighted by atomic mass is 9.91. The summed E-state index contributed by atoms with van der Waals surface area (Å²) >= 11 is 0. The molecule has 0 radical (unpaired) electrons. The van der Waals surface area contributed by atoms with Crippen molar-refractivity contribution in [3.05, 3.63) is 29.3 Å². The Balaban J connectivity index is 1.93. The van der Waals surface area contributed by atoms with Crippen LogP contribution in [0.5, 0.6) is 5.75 Å². The molecule has 1 saturated heterocycles. The number of hydrogen-bond acceptors (Lipinski definition) is 4. The summed E-state index contributed by atoms with van der Waals surface area (Å²) in [5, 5.41) is 10.4. The molecule has 1 N–H and O–H groups in total. The van der Waals surface area contributed by atoms with Crippen molar-refractivity contribution in [2.45, 2.75) is 51.7 Å². The van der Waals surface area contributed by atoms with Crippen molar-refractivity contribution >= 4 is 12.0 Å². The standard InChI is InChI=1S/C19H26N2O4/c1-19(2,3)25-18(24)21-11-9-13-6-4-7-15(22)17(13)14(21)12-20-10-5-8-16(20)23/h4,6-7,14,22H,5,8-12H2,1-3H3/t14-/m1/s1. The van der Waals surface area contributed by atoms with Crippen LogP contribution in [0.4, 0.5) is 4.79 Å². The molecule has 1 fully saturated rings. The minimum absolute atomic E-state index is 0.103. The van der Waals surface area contributed by atoms with Gasteiger partial charge in [0.25, 0.3) is 0 Å². The van der Waals surface area contributed by atoms with Gasteiger partial charge in [-0.15, -0.1) is 0 Å². The van der Waals surface area contributed by atoms with Gasteiger partial charge in [0, 0.05) is 31.6 Å². The molecule has 0 aliphatic carbocycles. The van der Waals surface area contributed by atoms with Crippen LogP contribution in [0.15, 0.2) is 18.2 Å². The average Bonchev–Trinajstić information content (AvgIpc) is 2.91. The predicted octanol–water partition coefficient (Wildman–Crippen LogP) is 2.85. The van der Waals surface area contributed by atoms with Gasteiger partial charge in [-0.3, -0.25) is 9.69 Å². The molecular weight excluding hydrogens is 320 g/mol. The van der Waals surface area contributed by atoms with Crippen molar-refractivity contribution < 1.29 is 19.4 Å². The van der Waals surface area contributed by atoms with Crippen molar-refractivity contribution in [2.75, 3.05) is 19.6 Å². The van der Waals surface area contributed by atoms with Crippen LogP contribution in [0, 0.1) is 0 Å². The van der Waals surface area contributed by atoms with Crippen molar-refractivity contribution in [3.63, 3.8) is 0 Å². The maximum atomic E-state index is 12.7. The number of nitrogens with zero attached hydrogens (tertiary/aromatic N) is 2. The molecule has 1 atom stereocenters. The van der Waals surface area contributed by atoms with E-state index < -0.39 is 11.7 Å². The van der Waals surface area contributed by atoms with Crippen LogP contribution >= 0.6 is 0 Å². The number of benzene rings is 1. The molecule has 6 heteroatoms. The van der Waals surface area contributed by atoms with Gasteiger partial charge in [-0.05, 0) is 45.2 Å². The number of phenols is 1. The highest BCUT2D eigenvalue weighted by Gasteiger charge is 2.37. The fourth-order valence-electron chi connectivity index (χ4n) is 3.59. The number of carbonyl (C=O) groups is 2. The number of hydrogen-bond donors (Lipinski definition) is 1. The number of likely N-dealkylation sites (tertiary alicyclic amines) is 1. The Hall–Kier alpha value is -2.24. The number of rotatable bonds is 2. The first-order chi connectivity index (χ1) is 11.8. The fraction of sp³-hybridized carbons (Fsp3) is 0.579. The highest BCUT2D eigenvalue weighted by Crippen LogP contribution is 2.37. The number of aromatic hydroxyl groups is 1. The van der Waals surface area contributed by atoms with Gasteiger partial charge >= 0.3 is 6.09 Å². The smallest absolute Gasteiger partial charge is 0.410 e. The first kappa shape index (κ1) is 17.6. The van der Waals surface area contributed by atoms with Gasteiger partial charge in [0.1, 0.15) is 11.4 Å². The molecule has 0 unspecified atom stereocenters. The summed E-state index contributed by atoms with van der Waals surface area (Å²) in [6.07, 6.45) is 1.64. The summed E-state index contributed by atoms with van der Waals surface area (Å²) in [7, 11) is 0. The van der Waals surface area contributed by atoms with Crippen molar-refractivity contribution in [1.29, 1.82) is 0 Å². The minimum atomic E-state index is -0.593. The second-order valence-electron chi connectivity index (χ2n) is 7.73. The molecule has 1 aromatic carbocycles. The van der Waals surface area contributed by atoms with Crippen LogP contribution in [-0.4, -0.2) is 52.1 Å². The molecule has 1 aromatic rings. The summed E-state index contributed by atoms with van der Waals surface area (Å²) in [4.78, 5) is 28.2. The summed E-state index contributed by atoms with van der Waals surface area (Å²) < 4.78 is 5.56. The van der Waals surface area contributed by atoms with E-state index in [4.69, 9.17) is 4.74 Å². The molecule has 0 spiro atoms. The SMILES string of the molecule is CC(C)(C)OC(=O)N1CCc2cccc(O)c2[C@H]1CN1CCCC1=O. The van der Waals surface area contributed by atoms with E-state index in [0.717, 1.165) is 17.5 Å². The minimum Gasteiger partial charge on any atom is -0.508 e. The Labute approximate surface area is 148 Å². The first-order valence-corrected chi connectivity index (χ1v) is 8.84. The number of phenolic OH excluding ortho intramolecular Hbond substituents is 1. The van der Waals surface area contributed by atoms with E-state index in [0.29, 0.717) is 32.5 Å². The van der Waals surface area contributed by atoms with Gasteiger partial charge in [0.15, 0.2) is 0 Å². The van der Waals surface area contributed by atoms with Gasteiger partial charge in [0.05, 0.1) is 6.04 Å². The maximum absolute atomic E-state index is 12.7. The molecule has 0 bridgehead atoms. The summed E-state index contributed by atoms with van der Waals surface area (Å²) in [6, 6.07) is 5.04. The van der Waals surface area contributed by atoms with E-state index >= 15 is 0 Å². The third kappa shape index (κ3) is 3.72. The van der Waals surface area contributed by atoms with Crippen LogP contribution in [0.25, 0.3) is 0 Å². The molecular formula is C19H26N2O4. The molecule has 136 valence electrons. The van der Waals surface area contributed by atoms with Crippen LogP contribution in [-0.2, 0) is 16.0 Å². The normalized spacial score (nSPS) is 20.6. The maximum Gasteiger partial charge on any atom is 0.410 e. The molecule has 25 heavy (non-hydrogen) atoms. The number of amides is 2. The topological polar surface area (TPSA) is 70.1 Å². The highest BCUT2D eigenvalue weighted by molar-refractivity contribution is 5.78. The number of ether oxygens (including phenoxy) is 1. The van der Waals surface area contributed by atoms with Gasteiger partial charge in [0.2, 0.25) is 5.91 Å². The largest absolute Gasteiger partial charge is 0.508 e. The van der Waals surface area contributed by atoms with Crippen LogP contribution in [0.3, 0.4) is 0 Å². The Morgan fingerprint density at radius 1 is 1.28 bits per heavy atom. The van der Waals surface area contributed by atoms with Crippen LogP contribution in [0.2, 0.25) is 0 Å². The lowest BCUT2D eigenvalue weighted by Crippen LogP contribution is -2.47. The lowest BCUT2D eigenvalue weighted by Gasteiger charge is -2.39. The quantitative estimate of drug-likeness (QED) is 0.894. The van der Waals surface area contributed by atoms with Gasteiger partial charge in [-0.2, -0.15) is 0 Å². The van der Waals surface area contributed by atoms with Gasteiger partial charge < -0.3 is 14.7 Å². The Morgan fingerprint density at radius 2 is 2.04 bits per heavy atom. The Bertz CT molecular complexity index is 680. The summed E-state index contributed by atoms with van der Waals surface area (Å²) in [5.74, 6) is 0.272. The molecule has 0 saturated carbocycles. The van der Waals surface area contributed by atoms with E-state index in [2.05, 4.69) is 0 Å². The highest BCUT2D eigenvalue weighted by atomic mass is 16.6. The second-order valence-corrected chi connectivity index (χ2v) is 7.73. The summed E-state index contributed by atoms with van der Waals surface area (Å²) in [5.41, 5.74) is 1.17. The van der Waals surface area contributed by atoms with E-state index in [1.165, 1.54) is 0 Å². The molecule has 2 aliphatic heterocycles. The van der Waals surface area contributed by atoms with Crippen LogP contribution < -0.4 is 0 Å². The fourth-order valence-corrected chi connectivity index (χ4v) is 3.59. The van der Waals surface area contributed by atoms with E-state index in [1.54, 1.807) is 15.9 Å². The first-order valence-electron chi connectivity index (χ1n) is 8.84. The van der Waals surface area contributed by atoms with Crippen LogP contribution in [0.1, 0.15) is 50.8 Å². The Morgan fingerprint density at radius 3 is 2.68 bits per heavy atom. The zero-order chi connectivity index (χ0) is 18.2. The van der Waals surface area contributed by atoms with E-state index in [-0.39, 0.29) is 17.7 Å². The predicted molar refractivity (Wildman–Crippen MR) is 93.3 cm³/mol. The zero-order valence-electron chi connectivity index (χ0n) is 15.1. The number of carbonyl (C=O) groups excluding carboxylic acids is 2. The number of fused-ring (bicyclic) bond motifs is 1. The molecule has 2 amide bonds. The van der Waals surface area contributed by atoms with Crippen molar-refractivity contribution in [1.82, 2.24) is 9.80 Å². The zero-order valence-corrected chi connectivity index (χ0v) is 15.1. The molecule has 3 rings (SSSR count). The monoisotopic (exact) mass is 346 g/mol. The Kier molecular flexibility index (Phi) is 4.62. The van der Waals surface area contributed by atoms with Gasteiger partial charge in [-0.25, -0.2) is 4.79 Å². The van der Waals surface area contributed by atoms with Crippen molar-refractivity contribution in [3.8, 4) is 5.75 Å². The molecule has 2 aliphatic rings. The summed E-state index contributed by atoms with van der Waals surface area (Å²) in [6.45, 7) is 7.10. The molecule has 2 heterocycles. The van der Waals surface area contributed by atoms with Gasteiger partial charge in [-0.1, -0.05) is 12.1 Å². The third-order valence-corrected chi connectivity index (χ3v) is 4.70. The lowest BCUT2D eigenvalue weighted by molar-refractivity contribution is -0.128. The molecule has 0 aromatic heterocycles. The average molecular weight is 346 g/mol. The third-order valence-electron chi connectivity index (χ3n) is 4.70. The molecule has 6 nitrogen and oxygen atoms in total. The van der Waals surface area contributed by atoms with Crippen molar-refractivity contribution in [2.24, 2.45) is 0 Å². The second kappa shape index (κ2) is 6.58.